The Bertz CT molecular complexity index is 1050. The van der Waals surface area contributed by atoms with Crippen LogP contribution in [0.4, 0.5) is 4.79 Å². The van der Waals surface area contributed by atoms with Gasteiger partial charge in [-0.1, -0.05) is 23.7 Å². The van der Waals surface area contributed by atoms with Gasteiger partial charge in [0.2, 0.25) is 5.78 Å². The van der Waals surface area contributed by atoms with Crippen LogP contribution in [0, 0.1) is 0 Å². The van der Waals surface area contributed by atoms with Gasteiger partial charge < -0.3 is 10.0 Å². The molecule has 3 aromatic rings. The lowest BCUT2D eigenvalue weighted by Gasteiger charge is -2.37. The molecule has 1 aromatic carbocycles. The van der Waals surface area contributed by atoms with Crippen molar-refractivity contribution in [1.29, 1.82) is 0 Å². The molecule has 0 aliphatic carbocycles. The van der Waals surface area contributed by atoms with Gasteiger partial charge in [0.15, 0.2) is 0 Å². The molecule has 0 spiro atoms. The summed E-state index contributed by atoms with van der Waals surface area (Å²) < 4.78 is 2.04. The van der Waals surface area contributed by atoms with Gasteiger partial charge in [-0.2, -0.15) is 0 Å². The molecule has 2 unspecified atom stereocenters. The van der Waals surface area contributed by atoms with Crippen molar-refractivity contribution in [2.45, 2.75) is 37.9 Å². The summed E-state index contributed by atoms with van der Waals surface area (Å²) >= 11 is 6.07. The first-order valence-corrected chi connectivity index (χ1v) is 10.3. The number of rotatable bonds is 3. The Morgan fingerprint density at radius 3 is 2.76 bits per heavy atom. The number of imidazole rings is 1. The zero-order chi connectivity index (χ0) is 20.0. The van der Waals surface area contributed by atoms with Gasteiger partial charge >= 0.3 is 6.09 Å². The van der Waals surface area contributed by atoms with Crippen molar-refractivity contribution in [3.63, 3.8) is 0 Å². The van der Waals surface area contributed by atoms with Gasteiger partial charge in [-0.15, -0.1) is 0 Å². The predicted molar refractivity (Wildman–Crippen MR) is 110 cm³/mol. The molecule has 7 nitrogen and oxygen atoms in total. The second-order valence-corrected chi connectivity index (χ2v) is 8.22. The first kappa shape index (κ1) is 18.4. The van der Waals surface area contributed by atoms with E-state index in [9.17, 15) is 9.90 Å². The summed E-state index contributed by atoms with van der Waals surface area (Å²) in [6, 6.07) is 10.1. The fraction of sp³-hybridized carbons (Fsp3) is 0.381. The smallest absolute Gasteiger partial charge is 0.407 e. The maximum Gasteiger partial charge on any atom is 0.407 e. The first-order valence-electron chi connectivity index (χ1n) is 9.91. The van der Waals surface area contributed by atoms with E-state index in [1.807, 2.05) is 40.9 Å². The molecule has 3 aliphatic rings. The lowest BCUT2D eigenvalue weighted by Crippen LogP contribution is -2.48. The van der Waals surface area contributed by atoms with E-state index in [1.165, 1.54) is 0 Å². The minimum atomic E-state index is -0.807. The van der Waals surface area contributed by atoms with E-state index < -0.39 is 6.09 Å². The Kier molecular flexibility index (Phi) is 4.64. The van der Waals surface area contributed by atoms with Crippen molar-refractivity contribution in [2.75, 3.05) is 13.1 Å². The van der Waals surface area contributed by atoms with E-state index >= 15 is 0 Å². The van der Waals surface area contributed by atoms with Gasteiger partial charge in [-0.25, -0.2) is 14.8 Å². The number of carbonyl (C=O) groups is 1. The van der Waals surface area contributed by atoms with Gasteiger partial charge in [0, 0.05) is 54.7 Å². The minimum Gasteiger partial charge on any atom is -0.465 e. The number of carboxylic acid groups (broad SMARTS) is 1. The second kappa shape index (κ2) is 7.31. The third-order valence-electron chi connectivity index (χ3n) is 6.16. The number of piperidine rings is 1. The Labute approximate surface area is 173 Å². The highest BCUT2D eigenvalue weighted by molar-refractivity contribution is 6.30. The highest BCUT2D eigenvalue weighted by Gasteiger charge is 2.38. The molecule has 0 radical (unpaired) electrons. The molecule has 2 bridgehead atoms. The number of nitrogens with zero attached hydrogens (tertiary/aromatic N) is 5. The third kappa shape index (κ3) is 3.34. The number of amides is 1. The zero-order valence-electron chi connectivity index (χ0n) is 15.9. The van der Waals surface area contributed by atoms with Gasteiger partial charge in [0.05, 0.1) is 11.4 Å². The number of fused-ring (bicyclic) bond motifs is 5. The highest BCUT2D eigenvalue weighted by atomic mass is 35.5. The molecule has 8 heteroatoms. The molecule has 1 amide bonds. The fourth-order valence-corrected chi connectivity index (χ4v) is 4.82. The molecule has 1 N–H and O–H groups in total. The van der Waals surface area contributed by atoms with Crippen molar-refractivity contribution in [3.8, 4) is 11.3 Å². The van der Waals surface area contributed by atoms with Crippen molar-refractivity contribution in [1.82, 2.24) is 24.2 Å². The van der Waals surface area contributed by atoms with Crippen LogP contribution >= 0.6 is 11.6 Å². The standard InChI is InChI=1S/C21H22ClN5O2/c22-15-4-2-14(3-5-15)19-18(27-10-1-9-23-20(27)24-19)13-25-12-17-7-6-16(25)8-11-26(17)21(28)29/h1-5,9-10,16-17H,6-8,11-13H2,(H,28,29). The Balaban J connectivity index is 1.52. The van der Waals surface area contributed by atoms with Crippen LogP contribution in [0.25, 0.3) is 17.0 Å². The molecule has 3 fully saturated rings. The number of benzene rings is 1. The topological polar surface area (TPSA) is 74.0 Å². The predicted octanol–water partition coefficient (Wildman–Crippen LogP) is 3.77. The lowest BCUT2D eigenvalue weighted by molar-refractivity contribution is 0.0899. The van der Waals surface area contributed by atoms with Crippen LogP contribution in [0.1, 0.15) is 25.0 Å². The summed E-state index contributed by atoms with van der Waals surface area (Å²) in [5, 5.41) is 10.2. The summed E-state index contributed by atoms with van der Waals surface area (Å²) in [5.74, 6) is 0.666. The molecular formula is C21H22ClN5O2. The molecule has 0 saturated carbocycles. The summed E-state index contributed by atoms with van der Waals surface area (Å²) in [7, 11) is 0. The fourth-order valence-electron chi connectivity index (χ4n) is 4.69. The van der Waals surface area contributed by atoms with Crippen LogP contribution in [0.15, 0.2) is 42.7 Å². The summed E-state index contributed by atoms with van der Waals surface area (Å²) in [5.41, 5.74) is 2.97. The quantitative estimate of drug-likeness (QED) is 0.710. The van der Waals surface area contributed by atoms with Crippen LogP contribution in [0.3, 0.4) is 0 Å². The summed E-state index contributed by atoms with van der Waals surface area (Å²) in [4.78, 5) is 24.9. The van der Waals surface area contributed by atoms with Gasteiger partial charge in [0.1, 0.15) is 0 Å². The monoisotopic (exact) mass is 411 g/mol. The molecule has 29 heavy (non-hydrogen) atoms. The van der Waals surface area contributed by atoms with E-state index in [1.54, 1.807) is 11.1 Å². The normalized spacial score (nSPS) is 22.2. The maximum absolute atomic E-state index is 11.6. The number of aromatic nitrogens is 3. The van der Waals surface area contributed by atoms with Gasteiger partial charge in [0.25, 0.3) is 0 Å². The van der Waals surface area contributed by atoms with Crippen molar-refractivity contribution in [2.24, 2.45) is 0 Å². The van der Waals surface area contributed by atoms with Crippen LogP contribution in [0.2, 0.25) is 5.02 Å². The molecule has 5 heterocycles. The molecule has 2 atom stereocenters. The average molecular weight is 412 g/mol. The number of hydrogen-bond donors (Lipinski definition) is 1. The zero-order valence-corrected chi connectivity index (χ0v) is 16.7. The number of hydrogen-bond acceptors (Lipinski definition) is 4. The molecule has 3 saturated heterocycles. The van der Waals surface area contributed by atoms with Gasteiger partial charge in [-0.05, 0) is 37.5 Å². The summed E-state index contributed by atoms with van der Waals surface area (Å²) in [6.07, 6.45) is 5.76. The van der Waals surface area contributed by atoms with Crippen LogP contribution in [0.5, 0.6) is 0 Å². The van der Waals surface area contributed by atoms with Crippen molar-refractivity contribution >= 4 is 23.5 Å². The molecule has 6 rings (SSSR count). The van der Waals surface area contributed by atoms with E-state index in [4.69, 9.17) is 16.6 Å². The Hall–Kier alpha value is -2.64. The first-order chi connectivity index (χ1) is 14.1. The average Bonchev–Trinajstić information content (AvgIpc) is 2.86. The van der Waals surface area contributed by atoms with Crippen LogP contribution in [-0.4, -0.2) is 60.5 Å². The van der Waals surface area contributed by atoms with E-state index in [0.717, 1.165) is 42.8 Å². The van der Waals surface area contributed by atoms with E-state index in [-0.39, 0.29) is 6.04 Å². The van der Waals surface area contributed by atoms with Crippen LogP contribution in [-0.2, 0) is 6.54 Å². The molecule has 2 aromatic heterocycles. The van der Waals surface area contributed by atoms with Crippen molar-refractivity contribution in [3.05, 3.63) is 53.4 Å². The van der Waals surface area contributed by atoms with Gasteiger partial charge in [-0.3, -0.25) is 9.30 Å². The Morgan fingerprint density at radius 1 is 1.17 bits per heavy atom. The van der Waals surface area contributed by atoms with E-state index in [0.29, 0.717) is 29.9 Å². The molecular weight excluding hydrogens is 390 g/mol. The maximum atomic E-state index is 11.6. The van der Waals surface area contributed by atoms with Crippen LogP contribution < -0.4 is 0 Å². The largest absolute Gasteiger partial charge is 0.465 e. The Morgan fingerprint density at radius 2 is 1.97 bits per heavy atom. The number of halogens is 1. The highest BCUT2D eigenvalue weighted by Crippen LogP contribution is 2.32. The lowest BCUT2D eigenvalue weighted by atomic mass is 9.98. The SMILES string of the molecule is O=C(O)N1CCC2CCC1CN2Cc1c(-c2ccc(Cl)cc2)nc2ncccn12. The third-order valence-corrected chi connectivity index (χ3v) is 6.41. The molecule has 3 aliphatic heterocycles. The minimum absolute atomic E-state index is 0.0579. The van der Waals surface area contributed by atoms with Crippen molar-refractivity contribution < 1.29 is 9.90 Å². The second-order valence-electron chi connectivity index (χ2n) is 7.78. The summed E-state index contributed by atoms with van der Waals surface area (Å²) in [6.45, 7) is 2.07. The molecule has 150 valence electrons. The van der Waals surface area contributed by atoms with E-state index in [2.05, 4.69) is 9.88 Å².